The quantitative estimate of drug-likeness (QED) is 0.813. The molecule has 1 aliphatic carbocycles. The van der Waals surface area contributed by atoms with E-state index in [0.29, 0.717) is 29.3 Å². The summed E-state index contributed by atoms with van der Waals surface area (Å²) in [6.45, 7) is 12.0. The van der Waals surface area contributed by atoms with Gasteiger partial charge in [0.1, 0.15) is 5.82 Å². The van der Waals surface area contributed by atoms with Gasteiger partial charge in [0.2, 0.25) is 5.91 Å². The lowest BCUT2D eigenvalue weighted by Crippen LogP contribution is -2.51. The van der Waals surface area contributed by atoms with Crippen LogP contribution in [-0.4, -0.2) is 61.0 Å². The Kier molecular flexibility index (Phi) is 4.69. The minimum Gasteiger partial charge on any atom is -0.369 e. The Morgan fingerprint density at radius 3 is 2.41 bits per heavy atom. The van der Waals surface area contributed by atoms with E-state index in [4.69, 9.17) is 0 Å². The molecule has 0 N–H and O–H groups in total. The zero-order valence-electron chi connectivity index (χ0n) is 16.9. The van der Waals surface area contributed by atoms with Crippen LogP contribution in [0.15, 0.2) is 24.3 Å². The molecule has 3 aliphatic rings. The highest BCUT2D eigenvalue weighted by Crippen LogP contribution is 2.52. The number of rotatable bonds is 3. The fraction of sp³-hybridized carbons (Fsp3) is 0.682. The molecule has 1 aromatic rings. The van der Waals surface area contributed by atoms with E-state index in [0.717, 1.165) is 44.8 Å². The molecular weight excluding hydrogens is 341 g/mol. The minimum absolute atomic E-state index is 0.198. The van der Waals surface area contributed by atoms with Crippen LogP contribution in [0.2, 0.25) is 0 Å². The molecule has 4 nitrogen and oxygen atoms in total. The normalized spacial score (nSPS) is 30.6. The Morgan fingerprint density at radius 1 is 1.07 bits per heavy atom. The number of amides is 1. The average molecular weight is 374 g/mol. The molecule has 27 heavy (non-hydrogen) atoms. The fourth-order valence-corrected chi connectivity index (χ4v) is 5.85. The van der Waals surface area contributed by atoms with Crippen molar-refractivity contribution in [2.45, 2.75) is 46.1 Å². The third-order valence-electron chi connectivity index (χ3n) is 6.66. The largest absolute Gasteiger partial charge is 0.369 e. The minimum atomic E-state index is -0.198. The number of likely N-dealkylation sites (tertiary alicyclic amines) is 1. The summed E-state index contributed by atoms with van der Waals surface area (Å²) in [5.74, 6) is 0.104. The van der Waals surface area contributed by atoms with Gasteiger partial charge in [-0.3, -0.25) is 9.69 Å². The van der Waals surface area contributed by atoms with Gasteiger partial charge in [-0.15, -0.1) is 0 Å². The van der Waals surface area contributed by atoms with Crippen LogP contribution in [-0.2, 0) is 4.79 Å². The molecule has 2 atom stereocenters. The predicted molar refractivity (Wildman–Crippen MR) is 106 cm³/mol. The summed E-state index contributed by atoms with van der Waals surface area (Å²) in [5, 5.41) is 0. The highest BCUT2D eigenvalue weighted by atomic mass is 19.1. The zero-order chi connectivity index (χ0) is 19.2. The van der Waals surface area contributed by atoms with E-state index in [-0.39, 0.29) is 5.82 Å². The standard InChI is InChI=1S/C22H32FN3O/c1-21(2)12-19-13-22(3,15-21)16-26(19)20(27)14-24-8-10-25(11-9-24)18-6-4-17(23)5-7-18/h4-7,19H,8-16H2,1-3H3/t19-,22-/m1/s1. The Bertz CT molecular complexity index is 696. The first-order chi connectivity index (χ1) is 12.7. The van der Waals surface area contributed by atoms with E-state index >= 15 is 0 Å². The van der Waals surface area contributed by atoms with E-state index in [1.54, 1.807) is 0 Å². The van der Waals surface area contributed by atoms with Crippen molar-refractivity contribution in [1.82, 2.24) is 9.80 Å². The van der Waals surface area contributed by atoms with Crippen molar-refractivity contribution in [3.63, 3.8) is 0 Å². The summed E-state index contributed by atoms with van der Waals surface area (Å²) in [6, 6.07) is 7.12. The number of halogens is 1. The first kappa shape index (κ1) is 18.7. The highest BCUT2D eigenvalue weighted by Gasteiger charge is 2.50. The smallest absolute Gasteiger partial charge is 0.237 e. The van der Waals surface area contributed by atoms with Crippen molar-refractivity contribution < 1.29 is 9.18 Å². The first-order valence-corrected chi connectivity index (χ1v) is 10.3. The van der Waals surface area contributed by atoms with Crippen LogP contribution in [0.3, 0.4) is 0 Å². The molecule has 2 bridgehead atoms. The summed E-state index contributed by atoms with van der Waals surface area (Å²) < 4.78 is 13.1. The molecule has 3 fully saturated rings. The second-order valence-corrected chi connectivity index (χ2v) is 9.97. The Balaban J connectivity index is 1.32. The van der Waals surface area contributed by atoms with E-state index in [2.05, 4.69) is 35.5 Å². The summed E-state index contributed by atoms with van der Waals surface area (Å²) in [6.07, 6.45) is 3.52. The van der Waals surface area contributed by atoms with Crippen LogP contribution in [0.5, 0.6) is 0 Å². The van der Waals surface area contributed by atoms with Gasteiger partial charge in [-0.25, -0.2) is 4.39 Å². The van der Waals surface area contributed by atoms with Crippen molar-refractivity contribution >= 4 is 11.6 Å². The Hall–Kier alpha value is -1.62. The number of anilines is 1. The number of carbonyl (C=O) groups excluding carboxylic acids is 1. The third kappa shape index (κ3) is 3.98. The molecule has 2 heterocycles. The van der Waals surface area contributed by atoms with Gasteiger partial charge in [0.15, 0.2) is 0 Å². The van der Waals surface area contributed by atoms with Gasteiger partial charge in [0, 0.05) is 44.5 Å². The first-order valence-electron chi connectivity index (χ1n) is 10.3. The summed E-state index contributed by atoms with van der Waals surface area (Å²) in [7, 11) is 0. The lowest BCUT2D eigenvalue weighted by molar-refractivity contribution is -0.133. The van der Waals surface area contributed by atoms with Crippen molar-refractivity contribution in [2.75, 3.05) is 44.2 Å². The maximum absolute atomic E-state index is 13.1. The van der Waals surface area contributed by atoms with Crippen molar-refractivity contribution in [2.24, 2.45) is 10.8 Å². The highest BCUT2D eigenvalue weighted by molar-refractivity contribution is 5.79. The average Bonchev–Trinajstić information content (AvgIpc) is 2.85. The van der Waals surface area contributed by atoms with Crippen LogP contribution in [0.1, 0.15) is 40.0 Å². The number of piperazine rings is 1. The van der Waals surface area contributed by atoms with E-state index < -0.39 is 0 Å². The molecule has 0 spiro atoms. The van der Waals surface area contributed by atoms with E-state index in [9.17, 15) is 9.18 Å². The van der Waals surface area contributed by atoms with Gasteiger partial charge in [0.05, 0.1) is 6.54 Å². The summed E-state index contributed by atoms with van der Waals surface area (Å²) in [5.41, 5.74) is 1.70. The van der Waals surface area contributed by atoms with Gasteiger partial charge >= 0.3 is 0 Å². The van der Waals surface area contributed by atoms with Gasteiger partial charge in [0.25, 0.3) is 0 Å². The van der Waals surface area contributed by atoms with Crippen LogP contribution in [0.4, 0.5) is 10.1 Å². The van der Waals surface area contributed by atoms with Crippen LogP contribution in [0.25, 0.3) is 0 Å². The van der Waals surface area contributed by atoms with Gasteiger partial charge < -0.3 is 9.80 Å². The molecule has 0 unspecified atom stereocenters. The SMILES string of the molecule is CC1(C)C[C@@H]2C[C@@](C)(CN2C(=O)CN2CCN(c3ccc(F)cc3)CC2)C1. The molecule has 2 saturated heterocycles. The predicted octanol–water partition coefficient (Wildman–Crippen LogP) is 3.37. The number of hydrogen-bond donors (Lipinski definition) is 0. The number of fused-ring (bicyclic) bond motifs is 2. The Morgan fingerprint density at radius 2 is 1.74 bits per heavy atom. The number of nitrogens with zero attached hydrogens (tertiary/aromatic N) is 3. The second kappa shape index (κ2) is 6.77. The van der Waals surface area contributed by atoms with Crippen molar-refractivity contribution in [1.29, 1.82) is 0 Å². The maximum Gasteiger partial charge on any atom is 0.237 e. The van der Waals surface area contributed by atoms with Gasteiger partial charge in [-0.2, -0.15) is 0 Å². The molecule has 0 aromatic heterocycles. The summed E-state index contributed by atoms with van der Waals surface area (Å²) >= 11 is 0. The maximum atomic E-state index is 13.1. The molecule has 4 rings (SSSR count). The van der Waals surface area contributed by atoms with Gasteiger partial charge in [-0.1, -0.05) is 20.8 Å². The molecule has 0 radical (unpaired) electrons. The molecular formula is C22H32FN3O. The molecule has 1 amide bonds. The summed E-state index contributed by atoms with van der Waals surface area (Å²) in [4.78, 5) is 19.8. The van der Waals surface area contributed by atoms with E-state index in [1.165, 1.54) is 25.0 Å². The Labute approximate surface area is 162 Å². The lowest BCUT2D eigenvalue weighted by Gasteiger charge is -2.39. The van der Waals surface area contributed by atoms with Crippen LogP contribution in [0, 0.1) is 16.6 Å². The number of carbonyl (C=O) groups is 1. The molecule has 1 aromatic carbocycles. The second-order valence-electron chi connectivity index (χ2n) is 9.97. The molecule has 2 aliphatic heterocycles. The molecule has 148 valence electrons. The monoisotopic (exact) mass is 373 g/mol. The zero-order valence-corrected chi connectivity index (χ0v) is 16.9. The van der Waals surface area contributed by atoms with Crippen molar-refractivity contribution in [3.05, 3.63) is 30.1 Å². The van der Waals surface area contributed by atoms with Crippen molar-refractivity contribution in [3.8, 4) is 0 Å². The van der Waals surface area contributed by atoms with E-state index in [1.807, 2.05) is 12.1 Å². The van der Waals surface area contributed by atoms with Crippen LogP contribution < -0.4 is 4.90 Å². The number of benzene rings is 1. The molecule has 1 saturated carbocycles. The van der Waals surface area contributed by atoms with Gasteiger partial charge in [-0.05, 0) is 54.4 Å². The third-order valence-corrected chi connectivity index (χ3v) is 6.66. The lowest BCUT2D eigenvalue weighted by atomic mass is 9.65. The molecule has 5 heteroatoms. The fourth-order valence-electron chi connectivity index (χ4n) is 5.85. The van der Waals surface area contributed by atoms with Crippen LogP contribution >= 0.6 is 0 Å². The topological polar surface area (TPSA) is 26.8 Å². The number of hydrogen-bond acceptors (Lipinski definition) is 3.